The quantitative estimate of drug-likeness (QED) is 0.489. The molecule has 0 amide bonds. The molecule has 4 aliphatic rings. The first-order valence-corrected chi connectivity index (χ1v) is 12.0. The summed E-state index contributed by atoms with van der Waals surface area (Å²) in [5.74, 6) is 1.51. The zero-order valence-electron chi connectivity index (χ0n) is 19.1. The second-order valence-electron chi connectivity index (χ2n) is 10.7. The van der Waals surface area contributed by atoms with E-state index in [2.05, 4.69) is 39.2 Å². The van der Waals surface area contributed by atoms with Gasteiger partial charge in [0.05, 0.1) is 12.2 Å². The van der Waals surface area contributed by atoms with Gasteiger partial charge in [-0.1, -0.05) is 44.7 Å². The average molecular weight is 427 g/mol. The van der Waals surface area contributed by atoms with Crippen molar-refractivity contribution in [3.05, 3.63) is 47.6 Å². The van der Waals surface area contributed by atoms with Crippen molar-refractivity contribution in [1.29, 1.82) is 0 Å². The molecular formula is C27H38O4. The van der Waals surface area contributed by atoms with Gasteiger partial charge in [-0.3, -0.25) is 0 Å². The molecule has 0 unspecified atom stereocenters. The van der Waals surface area contributed by atoms with Gasteiger partial charge in [-0.25, -0.2) is 4.79 Å². The van der Waals surface area contributed by atoms with Gasteiger partial charge in [-0.2, -0.15) is 0 Å². The van der Waals surface area contributed by atoms with Crippen LogP contribution in [0.2, 0.25) is 0 Å². The first-order chi connectivity index (χ1) is 14.7. The third-order valence-corrected chi connectivity index (χ3v) is 8.66. The molecule has 0 spiro atoms. The standard InChI is InChI=1S/C27H38O4/c1-16(12-22-13-17(2)26(30)31-22)23-9-10-24-19(6-5-11-27(23,24)4)7-8-20-14-21(28)15-25(29)18(20)3/h7-8,16,21-25,28-29H,2-3,5-6,9-15H2,1,4H3/b19-7+,20-8-/t16-,21-,22-,23-,24+,25+,27-/m1/s1. The predicted octanol–water partition coefficient (Wildman–Crippen LogP) is 5.03. The summed E-state index contributed by atoms with van der Waals surface area (Å²) in [5, 5.41) is 20.2. The zero-order chi connectivity index (χ0) is 22.3. The molecule has 31 heavy (non-hydrogen) atoms. The summed E-state index contributed by atoms with van der Waals surface area (Å²) in [4.78, 5) is 11.7. The third kappa shape index (κ3) is 4.34. The molecule has 3 saturated carbocycles. The minimum absolute atomic E-state index is 0.00356. The maximum absolute atomic E-state index is 11.7. The maximum Gasteiger partial charge on any atom is 0.333 e. The molecule has 0 aromatic rings. The molecule has 7 atom stereocenters. The number of allylic oxidation sites excluding steroid dienone is 3. The highest BCUT2D eigenvalue weighted by Gasteiger charge is 2.51. The fraction of sp³-hybridized carbons (Fsp3) is 0.667. The molecule has 4 rings (SSSR count). The van der Waals surface area contributed by atoms with Gasteiger partial charge in [0.15, 0.2) is 0 Å². The predicted molar refractivity (Wildman–Crippen MR) is 122 cm³/mol. The Hall–Kier alpha value is -1.65. The molecular weight excluding hydrogens is 388 g/mol. The van der Waals surface area contributed by atoms with Crippen LogP contribution in [0.4, 0.5) is 0 Å². The van der Waals surface area contributed by atoms with Gasteiger partial charge in [0.25, 0.3) is 0 Å². The topological polar surface area (TPSA) is 66.8 Å². The number of carbonyl (C=O) groups excluding carboxylic acids is 1. The highest BCUT2D eigenvalue weighted by atomic mass is 16.5. The summed E-state index contributed by atoms with van der Waals surface area (Å²) < 4.78 is 5.52. The van der Waals surface area contributed by atoms with E-state index in [1.165, 1.54) is 31.3 Å². The lowest BCUT2D eigenvalue weighted by molar-refractivity contribution is -0.139. The van der Waals surface area contributed by atoms with Crippen molar-refractivity contribution in [3.63, 3.8) is 0 Å². The van der Waals surface area contributed by atoms with E-state index in [9.17, 15) is 15.0 Å². The van der Waals surface area contributed by atoms with Crippen molar-refractivity contribution in [2.24, 2.45) is 23.2 Å². The lowest BCUT2D eigenvalue weighted by Gasteiger charge is -2.44. The Morgan fingerprint density at radius 2 is 2.00 bits per heavy atom. The fourth-order valence-electron chi connectivity index (χ4n) is 7.02. The Morgan fingerprint density at radius 1 is 1.23 bits per heavy atom. The van der Waals surface area contributed by atoms with Crippen molar-refractivity contribution in [3.8, 4) is 0 Å². The van der Waals surface area contributed by atoms with Crippen LogP contribution in [-0.2, 0) is 9.53 Å². The molecule has 0 aromatic heterocycles. The molecule has 2 N–H and O–H groups in total. The van der Waals surface area contributed by atoms with Crippen molar-refractivity contribution < 1.29 is 19.7 Å². The van der Waals surface area contributed by atoms with Crippen LogP contribution in [0.1, 0.15) is 71.6 Å². The summed E-state index contributed by atoms with van der Waals surface area (Å²) in [6.07, 6.45) is 11.8. The number of fused-ring (bicyclic) bond motifs is 1. The summed E-state index contributed by atoms with van der Waals surface area (Å²) in [5.41, 5.74) is 4.15. The smallest absolute Gasteiger partial charge is 0.333 e. The highest BCUT2D eigenvalue weighted by molar-refractivity contribution is 5.89. The van der Waals surface area contributed by atoms with Crippen LogP contribution in [0.5, 0.6) is 0 Å². The van der Waals surface area contributed by atoms with Gasteiger partial charge in [0.1, 0.15) is 6.10 Å². The summed E-state index contributed by atoms with van der Waals surface area (Å²) in [6, 6.07) is 0. The van der Waals surface area contributed by atoms with Gasteiger partial charge in [-0.05, 0) is 79.3 Å². The number of rotatable bonds is 4. The lowest BCUT2D eigenvalue weighted by Crippen LogP contribution is -2.36. The second kappa shape index (κ2) is 8.71. The third-order valence-electron chi connectivity index (χ3n) is 8.66. The van der Waals surface area contributed by atoms with Crippen LogP contribution in [-0.4, -0.2) is 34.5 Å². The van der Waals surface area contributed by atoms with Crippen LogP contribution >= 0.6 is 0 Å². The van der Waals surface area contributed by atoms with E-state index in [1.54, 1.807) is 0 Å². The van der Waals surface area contributed by atoms with Crippen molar-refractivity contribution in [2.45, 2.75) is 89.9 Å². The Labute approximate surface area is 186 Å². The first kappa shape index (κ1) is 22.5. The average Bonchev–Trinajstić information content (AvgIpc) is 3.22. The number of aliphatic hydroxyl groups excluding tert-OH is 2. The first-order valence-electron chi connectivity index (χ1n) is 12.0. The molecule has 1 saturated heterocycles. The molecule has 3 aliphatic carbocycles. The van der Waals surface area contributed by atoms with Crippen LogP contribution in [0, 0.1) is 23.2 Å². The zero-order valence-corrected chi connectivity index (χ0v) is 19.1. The fourth-order valence-corrected chi connectivity index (χ4v) is 7.02. The molecule has 1 aliphatic heterocycles. The molecule has 0 bridgehead atoms. The van der Waals surface area contributed by atoms with E-state index in [0.29, 0.717) is 42.6 Å². The van der Waals surface area contributed by atoms with E-state index < -0.39 is 12.2 Å². The van der Waals surface area contributed by atoms with Crippen molar-refractivity contribution >= 4 is 5.97 Å². The Morgan fingerprint density at radius 3 is 2.71 bits per heavy atom. The summed E-state index contributed by atoms with van der Waals surface area (Å²) in [7, 11) is 0. The van der Waals surface area contributed by atoms with Crippen LogP contribution in [0.25, 0.3) is 0 Å². The normalized spacial score (nSPS) is 42.2. The van der Waals surface area contributed by atoms with Gasteiger partial charge < -0.3 is 14.9 Å². The van der Waals surface area contributed by atoms with Crippen LogP contribution in [0.15, 0.2) is 47.6 Å². The Kier molecular flexibility index (Phi) is 6.33. The number of aliphatic hydroxyl groups is 2. The van der Waals surface area contributed by atoms with E-state index >= 15 is 0 Å². The monoisotopic (exact) mass is 426 g/mol. The van der Waals surface area contributed by atoms with Crippen LogP contribution < -0.4 is 0 Å². The molecule has 4 fully saturated rings. The highest BCUT2D eigenvalue weighted by Crippen LogP contribution is 2.60. The van der Waals surface area contributed by atoms with Gasteiger partial charge >= 0.3 is 5.97 Å². The van der Waals surface area contributed by atoms with Gasteiger partial charge in [0, 0.05) is 18.4 Å². The molecule has 0 radical (unpaired) electrons. The molecule has 0 aromatic carbocycles. The number of ether oxygens (including phenoxy) is 1. The van der Waals surface area contributed by atoms with E-state index in [-0.39, 0.29) is 17.5 Å². The number of carbonyl (C=O) groups is 1. The van der Waals surface area contributed by atoms with E-state index in [0.717, 1.165) is 24.0 Å². The molecule has 1 heterocycles. The van der Waals surface area contributed by atoms with Crippen molar-refractivity contribution in [2.75, 3.05) is 0 Å². The summed E-state index contributed by atoms with van der Waals surface area (Å²) >= 11 is 0. The molecule has 170 valence electrons. The van der Waals surface area contributed by atoms with Crippen LogP contribution in [0.3, 0.4) is 0 Å². The van der Waals surface area contributed by atoms with E-state index in [1.807, 2.05) is 0 Å². The number of esters is 1. The number of hydrogen-bond acceptors (Lipinski definition) is 4. The lowest BCUT2D eigenvalue weighted by atomic mass is 9.60. The summed E-state index contributed by atoms with van der Waals surface area (Å²) in [6.45, 7) is 12.7. The molecule has 4 nitrogen and oxygen atoms in total. The van der Waals surface area contributed by atoms with E-state index in [4.69, 9.17) is 4.74 Å². The number of cyclic esters (lactones) is 1. The number of hydrogen-bond donors (Lipinski definition) is 2. The Balaban J connectivity index is 1.48. The van der Waals surface area contributed by atoms with Gasteiger partial charge in [0.2, 0.25) is 0 Å². The van der Waals surface area contributed by atoms with Gasteiger partial charge in [-0.15, -0.1) is 0 Å². The largest absolute Gasteiger partial charge is 0.459 e. The minimum atomic E-state index is -0.637. The molecule has 4 heteroatoms. The Bertz CT molecular complexity index is 805. The maximum atomic E-state index is 11.7. The minimum Gasteiger partial charge on any atom is -0.459 e. The second-order valence-corrected chi connectivity index (χ2v) is 10.7. The SMILES string of the molecule is C=C1C[C@@H](C[C@@H](C)[C@H]2CC[C@H]3/C(=C/C=C4/C[C@@H](O)C[C@H](O)C4=C)CCC[C@]23C)OC1=O. The van der Waals surface area contributed by atoms with Crippen molar-refractivity contribution in [1.82, 2.24) is 0 Å².